The van der Waals surface area contributed by atoms with Gasteiger partial charge < -0.3 is 0 Å². The highest BCUT2D eigenvalue weighted by molar-refractivity contribution is 5.78. The van der Waals surface area contributed by atoms with Crippen molar-refractivity contribution in [2.24, 2.45) is 5.41 Å². The van der Waals surface area contributed by atoms with Gasteiger partial charge in [-0.2, -0.15) is 0 Å². The molecule has 0 aromatic carbocycles. The summed E-state index contributed by atoms with van der Waals surface area (Å²) in [5.74, 6) is 0.476. The van der Waals surface area contributed by atoms with E-state index in [1.807, 2.05) is 0 Å². The van der Waals surface area contributed by atoms with Gasteiger partial charge in [-0.3, -0.25) is 4.79 Å². The van der Waals surface area contributed by atoms with Gasteiger partial charge in [0.15, 0.2) is 0 Å². The predicted octanol–water partition coefficient (Wildman–Crippen LogP) is 5.13. The molecule has 0 saturated heterocycles. The number of hydrogen-bond donors (Lipinski definition) is 0. The lowest BCUT2D eigenvalue weighted by Crippen LogP contribution is -2.04. The standard InChI is InChI=1S/C15H30O/c1-5-6-8-11-14(16)12-9-7-10-13-15(2,3)4/h5-13H2,1-4H3. The number of unbranched alkanes of at least 4 members (excludes halogenated alkanes) is 4. The van der Waals surface area contributed by atoms with Crippen molar-refractivity contribution in [1.82, 2.24) is 0 Å². The summed E-state index contributed by atoms with van der Waals surface area (Å²) in [4.78, 5) is 11.5. The first-order chi connectivity index (χ1) is 7.45. The third-order valence-electron chi connectivity index (χ3n) is 2.94. The van der Waals surface area contributed by atoms with Crippen molar-refractivity contribution < 1.29 is 4.79 Å². The second-order valence-corrected chi connectivity index (χ2v) is 6.12. The van der Waals surface area contributed by atoms with Gasteiger partial charge in [0.1, 0.15) is 5.78 Å². The number of ketones is 1. The number of carbonyl (C=O) groups is 1. The summed E-state index contributed by atoms with van der Waals surface area (Å²) in [5.41, 5.74) is 0.450. The lowest BCUT2D eigenvalue weighted by Gasteiger charge is -2.17. The van der Waals surface area contributed by atoms with Crippen LogP contribution in [0, 0.1) is 5.41 Å². The molecule has 0 aliphatic carbocycles. The monoisotopic (exact) mass is 226 g/mol. The minimum atomic E-state index is 0.450. The maximum absolute atomic E-state index is 11.5. The molecule has 0 heterocycles. The Morgan fingerprint density at radius 2 is 1.44 bits per heavy atom. The molecule has 96 valence electrons. The van der Waals surface area contributed by atoms with E-state index in [0.29, 0.717) is 11.2 Å². The molecular formula is C15H30O. The topological polar surface area (TPSA) is 17.1 Å². The summed E-state index contributed by atoms with van der Waals surface area (Å²) >= 11 is 0. The van der Waals surface area contributed by atoms with Crippen LogP contribution in [0.1, 0.15) is 85.5 Å². The fraction of sp³-hybridized carbons (Fsp3) is 0.933. The Balaban J connectivity index is 3.28. The normalized spacial score (nSPS) is 11.8. The molecule has 0 atom stereocenters. The molecule has 0 aliphatic rings. The number of hydrogen-bond acceptors (Lipinski definition) is 1. The molecule has 0 amide bonds. The Labute approximate surface area is 102 Å². The summed E-state index contributed by atoms with van der Waals surface area (Å²) in [6.45, 7) is 9.02. The van der Waals surface area contributed by atoms with Crippen LogP contribution in [0.15, 0.2) is 0 Å². The van der Waals surface area contributed by atoms with E-state index in [1.54, 1.807) is 0 Å². The van der Waals surface area contributed by atoms with Crippen LogP contribution in [-0.2, 0) is 4.79 Å². The van der Waals surface area contributed by atoms with Crippen LogP contribution < -0.4 is 0 Å². The van der Waals surface area contributed by atoms with Crippen molar-refractivity contribution in [3.05, 3.63) is 0 Å². The fourth-order valence-corrected chi connectivity index (χ4v) is 1.85. The average Bonchev–Trinajstić information content (AvgIpc) is 2.16. The summed E-state index contributed by atoms with van der Waals surface area (Å²) in [6.07, 6.45) is 9.99. The van der Waals surface area contributed by atoms with Crippen molar-refractivity contribution in [3.63, 3.8) is 0 Å². The molecule has 1 heteroatoms. The third-order valence-corrected chi connectivity index (χ3v) is 2.94. The van der Waals surface area contributed by atoms with Gasteiger partial charge in [0.25, 0.3) is 0 Å². The van der Waals surface area contributed by atoms with E-state index < -0.39 is 0 Å². The second-order valence-electron chi connectivity index (χ2n) is 6.12. The first-order valence-corrected chi connectivity index (χ1v) is 6.97. The minimum absolute atomic E-state index is 0.450. The molecular weight excluding hydrogens is 196 g/mol. The summed E-state index contributed by atoms with van der Waals surface area (Å²) in [6, 6.07) is 0. The quantitative estimate of drug-likeness (QED) is 0.498. The van der Waals surface area contributed by atoms with E-state index in [0.717, 1.165) is 25.7 Å². The van der Waals surface area contributed by atoms with Gasteiger partial charge in [-0.05, 0) is 24.7 Å². The second kappa shape index (κ2) is 8.78. The van der Waals surface area contributed by atoms with Crippen LogP contribution in [0.3, 0.4) is 0 Å². The molecule has 1 nitrogen and oxygen atoms in total. The Hall–Kier alpha value is -0.330. The number of Topliss-reactive ketones (excluding diaryl/α,β-unsaturated/α-hetero) is 1. The van der Waals surface area contributed by atoms with Gasteiger partial charge in [-0.15, -0.1) is 0 Å². The van der Waals surface area contributed by atoms with Gasteiger partial charge in [-0.1, -0.05) is 53.4 Å². The van der Waals surface area contributed by atoms with Crippen LogP contribution in [0.2, 0.25) is 0 Å². The van der Waals surface area contributed by atoms with Gasteiger partial charge in [-0.25, -0.2) is 0 Å². The third kappa shape index (κ3) is 11.7. The zero-order valence-electron chi connectivity index (χ0n) is 11.8. The van der Waals surface area contributed by atoms with Crippen molar-refractivity contribution in [3.8, 4) is 0 Å². The SMILES string of the molecule is CCCCCC(=O)CCCCCC(C)(C)C. The van der Waals surface area contributed by atoms with E-state index in [2.05, 4.69) is 27.7 Å². The van der Waals surface area contributed by atoms with Gasteiger partial charge in [0.05, 0.1) is 0 Å². The smallest absolute Gasteiger partial charge is 0.132 e. The highest BCUT2D eigenvalue weighted by atomic mass is 16.1. The Bertz CT molecular complexity index is 176. The van der Waals surface area contributed by atoms with Gasteiger partial charge >= 0.3 is 0 Å². The summed E-state index contributed by atoms with van der Waals surface area (Å²) < 4.78 is 0. The molecule has 0 aromatic heterocycles. The first kappa shape index (κ1) is 15.7. The summed E-state index contributed by atoms with van der Waals surface area (Å²) in [5, 5.41) is 0. The Kier molecular flexibility index (Phi) is 8.60. The van der Waals surface area contributed by atoms with E-state index in [9.17, 15) is 4.79 Å². The molecule has 0 rings (SSSR count). The lowest BCUT2D eigenvalue weighted by molar-refractivity contribution is -0.119. The number of carbonyl (C=O) groups excluding carboxylic acids is 1. The predicted molar refractivity (Wildman–Crippen MR) is 71.7 cm³/mol. The molecule has 0 aliphatic heterocycles. The Morgan fingerprint density at radius 1 is 0.875 bits per heavy atom. The molecule has 0 fully saturated rings. The van der Waals surface area contributed by atoms with Gasteiger partial charge in [0.2, 0.25) is 0 Å². The van der Waals surface area contributed by atoms with Gasteiger partial charge in [0, 0.05) is 12.8 Å². The number of rotatable bonds is 9. The summed E-state index contributed by atoms with van der Waals surface area (Å²) in [7, 11) is 0. The molecule has 0 N–H and O–H groups in total. The van der Waals surface area contributed by atoms with Crippen LogP contribution in [0.4, 0.5) is 0 Å². The van der Waals surface area contributed by atoms with Crippen LogP contribution >= 0.6 is 0 Å². The minimum Gasteiger partial charge on any atom is -0.300 e. The maximum atomic E-state index is 11.5. The van der Waals surface area contributed by atoms with E-state index in [-0.39, 0.29) is 0 Å². The highest BCUT2D eigenvalue weighted by Gasteiger charge is 2.09. The molecule has 0 unspecified atom stereocenters. The lowest BCUT2D eigenvalue weighted by atomic mass is 9.89. The maximum Gasteiger partial charge on any atom is 0.132 e. The van der Waals surface area contributed by atoms with Crippen molar-refractivity contribution >= 4 is 5.78 Å². The van der Waals surface area contributed by atoms with Crippen molar-refractivity contribution in [1.29, 1.82) is 0 Å². The van der Waals surface area contributed by atoms with Crippen LogP contribution in [-0.4, -0.2) is 5.78 Å². The molecule has 0 bridgehead atoms. The average molecular weight is 226 g/mol. The molecule has 0 spiro atoms. The van der Waals surface area contributed by atoms with Crippen molar-refractivity contribution in [2.45, 2.75) is 85.5 Å². The zero-order chi connectivity index (χ0) is 12.4. The molecule has 0 saturated carbocycles. The van der Waals surface area contributed by atoms with Crippen LogP contribution in [0.5, 0.6) is 0 Å². The van der Waals surface area contributed by atoms with E-state index >= 15 is 0 Å². The van der Waals surface area contributed by atoms with Crippen molar-refractivity contribution in [2.75, 3.05) is 0 Å². The Morgan fingerprint density at radius 3 is 1.94 bits per heavy atom. The van der Waals surface area contributed by atoms with E-state index in [4.69, 9.17) is 0 Å². The largest absolute Gasteiger partial charge is 0.300 e. The van der Waals surface area contributed by atoms with Crippen LogP contribution in [0.25, 0.3) is 0 Å². The first-order valence-electron chi connectivity index (χ1n) is 6.97. The molecule has 0 aromatic rings. The highest BCUT2D eigenvalue weighted by Crippen LogP contribution is 2.22. The molecule has 0 radical (unpaired) electrons. The molecule has 16 heavy (non-hydrogen) atoms. The fourth-order valence-electron chi connectivity index (χ4n) is 1.85. The zero-order valence-corrected chi connectivity index (χ0v) is 11.8. The van der Waals surface area contributed by atoms with E-state index in [1.165, 1.54) is 32.1 Å².